The summed E-state index contributed by atoms with van der Waals surface area (Å²) in [5.41, 5.74) is 1.10. The Morgan fingerprint density at radius 2 is 1.89 bits per heavy atom. The van der Waals surface area contributed by atoms with E-state index in [0.29, 0.717) is 12.1 Å². The lowest BCUT2D eigenvalue weighted by Gasteiger charge is -2.37. The van der Waals surface area contributed by atoms with E-state index in [4.69, 9.17) is 11.6 Å². The average molecular weight is 279 g/mol. The highest BCUT2D eigenvalue weighted by atomic mass is 35.5. The third-order valence-electron chi connectivity index (χ3n) is 4.65. The number of rotatable bonds is 3. The van der Waals surface area contributed by atoms with Gasteiger partial charge in [0, 0.05) is 12.1 Å². The Balaban J connectivity index is 1.71. The summed E-state index contributed by atoms with van der Waals surface area (Å²) in [5.74, 6) is 0.757. The molecule has 1 aromatic carbocycles. The quantitative estimate of drug-likeness (QED) is 0.871. The average Bonchev–Trinajstić information content (AvgIpc) is 2.96. The summed E-state index contributed by atoms with van der Waals surface area (Å²) in [7, 11) is 0. The first-order valence-electron chi connectivity index (χ1n) is 7.59. The Bertz CT molecular complexity index is 415. The van der Waals surface area contributed by atoms with Crippen LogP contribution in [-0.2, 0) is 0 Å². The first-order valence-corrected chi connectivity index (χ1v) is 7.97. The number of para-hydroxylation sites is 1. The van der Waals surface area contributed by atoms with Crippen LogP contribution < -0.4 is 10.6 Å². The molecule has 104 valence electrons. The maximum atomic E-state index is 6.27. The first-order chi connectivity index (χ1) is 9.34. The molecule has 0 bridgehead atoms. The van der Waals surface area contributed by atoms with Crippen molar-refractivity contribution >= 4 is 17.3 Å². The van der Waals surface area contributed by atoms with Gasteiger partial charge in [-0.25, -0.2) is 0 Å². The van der Waals surface area contributed by atoms with Crippen molar-refractivity contribution in [2.45, 2.75) is 50.6 Å². The van der Waals surface area contributed by atoms with Crippen molar-refractivity contribution in [3.8, 4) is 0 Å². The summed E-state index contributed by atoms with van der Waals surface area (Å²) in [5, 5.41) is 8.23. The number of hydrogen-bond acceptors (Lipinski definition) is 2. The molecule has 2 nitrogen and oxygen atoms in total. The van der Waals surface area contributed by atoms with E-state index >= 15 is 0 Å². The smallest absolute Gasteiger partial charge is 0.0637 e. The zero-order valence-electron chi connectivity index (χ0n) is 11.4. The van der Waals surface area contributed by atoms with Gasteiger partial charge in [0.05, 0.1) is 10.7 Å². The van der Waals surface area contributed by atoms with Gasteiger partial charge >= 0.3 is 0 Å². The molecule has 1 saturated carbocycles. The van der Waals surface area contributed by atoms with Gasteiger partial charge in [-0.15, -0.1) is 0 Å². The highest BCUT2D eigenvalue weighted by Crippen LogP contribution is 2.33. The van der Waals surface area contributed by atoms with E-state index in [-0.39, 0.29) is 0 Å². The lowest BCUT2D eigenvalue weighted by atomic mass is 9.79. The van der Waals surface area contributed by atoms with E-state index in [1.54, 1.807) is 0 Å². The molecule has 19 heavy (non-hydrogen) atoms. The van der Waals surface area contributed by atoms with Crippen molar-refractivity contribution in [1.29, 1.82) is 0 Å². The monoisotopic (exact) mass is 278 g/mol. The topological polar surface area (TPSA) is 24.1 Å². The largest absolute Gasteiger partial charge is 0.381 e. The van der Waals surface area contributed by atoms with E-state index in [9.17, 15) is 0 Å². The summed E-state index contributed by atoms with van der Waals surface area (Å²) < 4.78 is 0. The molecular weight excluding hydrogens is 256 g/mol. The summed E-state index contributed by atoms with van der Waals surface area (Å²) in [6.07, 6.45) is 8.01. The second kappa shape index (κ2) is 6.15. The highest BCUT2D eigenvalue weighted by molar-refractivity contribution is 6.33. The Morgan fingerprint density at radius 1 is 1.05 bits per heavy atom. The van der Waals surface area contributed by atoms with E-state index in [2.05, 4.69) is 22.8 Å². The van der Waals surface area contributed by atoms with Crippen molar-refractivity contribution in [3.05, 3.63) is 29.3 Å². The molecule has 0 radical (unpaired) electrons. The van der Waals surface area contributed by atoms with E-state index in [1.807, 2.05) is 12.1 Å². The molecule has 1 aliphatic heterocycles. The molecule has 0 amide bonds. The van der Waals surface area contributed by atoms with Crippen LogP contribution in [0.25, 0.3) is 0 Å². The molecule has 0 spiro atoms. The maximum Gasteiger partial charge on any atom is 0.0637 e. The van der Waals surface area contributed by atoms with Gasteiger partial charge in [-0.3, -0.25) is 0 Å². The van der Waals surface area contributed by atoms with Crippen molar-refractivity contribution in [2.75, 3.05) is 11.9 Å². The molecule has 2 N–H and O–H groups in total. The SMILES string of the molecule is Clc1ccccc1NC1CCCCC1C1CCCN1. The van der Waals surface area contributed by atoms with Gasteiger partial charge in [-0.2, -0.15) is 0 Å². The normalized spacial score (nSPS) is 31.3. The minimum atomic E-state index is 0.573. The minimum Gasteiger partial charge on any atom is -0.381 e. The van der Waals surface area contributed by atoms with Gasteiger partial charge in [0.15, 0.2) is 0 Å². The molecule has 1 heterocycles. The standard InChI is InChI=1S/C16H23ClN2/c17-13-7-2-4-9-16(13)19-15-8-3-1-6-12(15)14-10-5-11-18-14/h2,4,7,9,12,14-15,18-19H,1,3,5-6,8,10-11H2. The summed E-state index contributed by atoms with van der Waals surface area (Å²) in [6, 6.07) is 9.39. The van der Waals surface area contributed by atoms with Crippen molar-refractivity contribution in [3.63, 3.8) is 0 Å². The van der Waals surface area contributed by atoms with Gasteiger partial charge in [-0.05, 0) is 50.3 Å². The molecule has 1 saturated heterocycles. The van der Waals surface area contributed by atoms with Crippen molar-refractivity contribution in [2.24, 2.45) is 5.92 Å². The molecule has 3 heteroatoms. The van der Waals surface area contributed by atoms with E-state index < -0.39 is 0 Å². The Kier molecular flexibility index (Phi) is 4.29. The fourth-order valence-electron chi connectivity index (χ4n) is 3.68. The van der Waals surface area contributed by atoms with Crippen LogP contribution in [0.3, 0.4) is 0 Å². The second-order valence-electron chi connectivity index (χ2n) is 5.88. The lowest BCUT2D eigenvalue weighted by Crippen LogP contribution is -2.43. The molecule has 0 aromatic heterocycles. The number of halogens is 1. The van der Waals surface area contributed by atoms with Crippen LogP contribution >= 0.6 is 11.6 Å². The van der Waals surface area contributed by atoms with Crippen LogP contribution in [0.15, 0.2) is 24.3 Å². The van der Waals surface area contributed by atoms with Crippen LogP contribution in [-0.4, -0.2) is 18.6 Å². The highest BCUT2D eigenvalue weighted by Gasteiger charge is 2.33. The first kappa shape index (κ1) is 13.3. The van der Waals surface area contributed by atoms with Crippen LogP contribution in [0.4, 0.5) is 5.69 Å². The third-order valence-corrected chi connectivity index (χ3v) is 4.98. The summed E-state index contributed by atoms with van der Waals surface area (Å²) in [6.45, 7) is 1.19. The Morgan fingerprint density at radius 3 is 2.68 bits per heavy atom. The fraction of sp³-hybridized carbons (Fsp3) is 0.625. The fourth-order valence-corrected chi connectivity index (χ4v) is 3.87. The molecule has 3 atom stereocenters. The van der Waals surface area contributed by atoms with Crippen molar-refractivity contribution < 1.29 is 0 Å². The van der Waals surface area contributed by atoms with Gasteiger partial charge in [-0.1, -0.05) is 36.6 Å². The third kappa shape index (κ3) is 3.06. The molecule has 2 aliphatic rings. The summed E-state index contributed by atoms with van der Waals surface area (Å²) in [4.78, 5) is 0. The Hall–Kier alpha value is -0.730. The maximum absolute atomic E-state index is 6.27. The van der Waals surface area contributed by atoms with Gasteiger partial charge in [0.2, 0.25) is 0 Å². The number of benzene rings is 1. The van der Waals surface area contributed by atoms with E-state index in [0.717, 1.165) is 16.6 Å². The van der Waals surface area contributed by atoms with Gasteiger partial charge in [0.1, 0.15) is 0 Å². The van der Waals surface area contributed by atoms with Crippen LogP contribution in [0, 0.1) is 5.92 Å². The van der Waals surface area contributed by atoms with Crippen LogP contribution in [0.2, 0.25) is 5.02 Å². The molecular formula is C16H23ClN2. The minimum absolute atomic E-state index is 0.573. The van der Waals surface area contributed by atoms with Crippen LogP contribution in [0.1, 0.15) is 38.5 Å². The molecule has 2 fully saturated rings. The molecule has 3 unspecified atom stereocenters. The molecule has 1 aromatic rings. The summed E-state index contributed by atoms with van der Waals surface area (Å²) >= 11 is 6.27. The predicted molar refractivity (Wildman–Crippen MR) is 81.8 cm³/mol. The zero-order chi connectivity index (χ0) is 13.1. The number of hydrogen-bond donors (Lipinski definition) is 2. The second-order valence-corrected chi connectivity index (χ2v) is 6.29. The lowest BCUT2D eigenvalue weighted by molar-refractivity contribution is 0.263. The predicted octanol–water partition coefficient (Wildman–Crippen LogP) is 4.06. The molecule has 3 rings (SSSR count). The van der Waals surface area contributed by atoms with Crippen LogP contribution in [0.5, 0.6) is 0 Å². The van der Waals surface area contributed by atoms with Gasteiger partial charge < -0.3 is 10.6 Å². The van der Waals surface area contributed by atoms with Gasteiger partial charge in [0.25, 0.3) is 0 Å². The van der Waals surface area contributed by atoms with Crippen molar-refractivity contribution in [1.82, 2.24) is 5.32 Å². The van der Waals surface area contributed by atoms with E-state index in [1.165, 1.54) is 45.1 Å². The number of nitrogens with one attached hydrogen (secondary N) is 2. The Labute approximate surface area is 120 Å². The molecule has 1 aliphatic carbocycles. The number of anilines is 1. The zero-order valence-corrected chi connectivity index (χ0v) is 12.1.